The molecule has 0 bridgehead atoms. The number of carbonyl (C=O) groups excluding carboxylic acids is 1. The molecule has 2 atom stereocenters. The summed E-state index contributed by atoms with van der Waals surface area (Å²) in [5.74, 6) is -1.10. The van der Waals surface area contributed by atoms with Gasteiger partial charge in [0.25, 0.3) is 0 Å². The van der Waals surface area contributed by atoms with Gasteiger partial charge in [-0.2, -0.15) is 0 Å². The maximum atomic E-state index is 12.5. The van der Waals surface area contributed by atoms with E-state index in [1.54, 1.807) is 0 Å². The van der Waals surface area contributed by atoms with Gasteiger partial charge < -0.3 is 15.6 Å². The minimum Gasteiger partial charge on any atom is -0.480 e. The van der Waals surface area contributed by atoms with E-state index in [1.165, 1.54) is 4.90 Å². The minimum atomic E-state index is -1.05. The molecule has 26 heavy (non-hydrogen) atoms. The molecule has 2 aliphatic rings. The number of fused-ring (bicyclic) bond motifs is 3. The molecule has 6 heteroatoms. The number of hydrogen-bond acceptors (Lipinski definition) is 4. The van der Waals surface area contributed by atoms with E-state index in [0.29, 0.717) is 0 Å². The Morgan fingerprint density at radius 3 is 2.23 bits per heavy atom. The highest BCUT2D eigenvalue weighted by atomic mass is 16.6. The summed E-state index contributed by atoms with van der Waals surface area (Å²) in [4.78, 5) is 25.0. The van der Waals surface area contributed by atoms with E-state index < -0.39 is 18.1 Å². The number of hydrogen-bond donors (Lipinski definition) is 2. The van der Waals surface area contributed by atoms with Crippen LogP contribution in [0.4, 0.5) is 4.79 Å². The largest absolute Gasteiger partial charge is 0.480 e. The second-order valence-corrected chi connectivity index (χ2v) is 6.81. The first kappa shape index (κ1) is 16.6. The van der Waals surface area contributed by atoms with E-state index in [2.05, 4.69) is 12.1 Å². The van der Waals surface area contributed by atoms with Gasteiger partial charge in [0.05, 0.1) is 0 Å². The fraction of sp³-hybridized carbons (Fsp3) is 0.300. The first-order valence-electron chi connectivity index (χ1n) is 8.66. The van der Waals surface area contributed by atoms with Crippen LogP contribution in [0.3, 0.4) is 0 Å². The molecule has 6 nitrogen and oxygen atoms in total. The second-order valence-electron chi connectivity index (χ2n) is 6.81. The van der Waals surface area contributed by atoms with Crippen LogP contribution in [0.1, 0.15) is 23.5 Å². The molecule has 3 N–H and O–H groups in total. The number of nitrogens with zero attached hydrogens (tertiary/aromatic N) is 1. The van der Waals surface area contributed by atoms with E-state index in [9.17, 15) is 14.7 Å². The molecule has 0 aromatic heterocycles. The van der Waals surface area contributed by atoms with Crippen molar-refractivity contribution in [1.82, 2.24) is 4.90 Å². The number of likely N-dealkylation sites (tertiary alicyclic amines) is 1. The third-order valence-electron chi connectivity index (χ3n) is 5.19. The van der Waals surface area contributed by atoms with Crippen molar-refractivity contribution in [3.63, 3.8) is 0 Å². The summed E-state index contributed by atoms with van der Waals surface area (Å²) < 4.78 is 5.52. The first-order chi connectivity index (χ1) is 12.6. The number of carboxylic acid groups (broad SMARTS) is 1. The Morgan fingerprint density at radius 1 is 1.08 bits per heavy atom. The van der Waals surface area contributed by atoms with Crippen LogP contribution in [-0.4, -0.2) is 47.3 Å². The summed E-state index contributed by atoms with van der Waals surface area (Å²) in [7, 11) is 0. The van der Waals surface area contributed by atoms with E-state index in [1.807, 2.05) is 36.4 Å². The predicted molar refractivity (Wildman–Crippen MR) is 95.8 cm³/mol. The Bertz CT molecular complexity index is 821. The molecule has 2 aromatic carbocycles. The van der Waals surface area contributed by atoms with Crippen molar-refractivity contribution in [2.45, 2.75) is 24.4 Å². The second kappa shape index (κ2) is 6.46. The molecule has 1 fully saturated rings. The van der Waals surface area contributed by atoms with Gasteiger partial charge in [0.1, 0.15) is 12.6 Å². The van der Waals surface area contributed by atoms with Crippen LogP contribution in [0, 0.1) is 0 Å². The van der Waals surface area contributed by atoms with Crippen molar-refractivity contribution in [2.75, 3.05) is 13.2 Å². The van der Waals surface area contributed by atoms with Gasteiger partial charge in [-0.25, -0.2) is 9.59 Å². The lowest BCUT2D eigenvalue weighted by atomic mass is 9.98. The molecule has 1 amide bonds. The van der Waals surface area contributed by atoms with Crippen molar-refractivity contribution in [3.05, 3.63) is 59.7 Å². The van der Waals surface area contributed by atoms with Gasteiger partial charge >= 0.3 is 12.1 Å². The number of aliphatic carboxylic acids is 1. The molecular weight excluding hydrogens is 332 g/mol. The third kappa shape index (κ3) is 2.72. The number of ether oxygens (including phenoxy) is 1. The predicted octanol–water partition coefficient (Wildman–Crippen LogP) is 2.42. The molecular formula is C20H20N2O4. The van der Waals surface area contributed by atoms with Crippen molar-refractivity contribution in [2.24, 2.45) is 5.73 Å². The zero-order valence-corrected chi connectivity index (χ0v) is 14.2. The average Bonchev–Trinajstić information content (AvgIpc) is 3.18. The highest BCUT2D eigenvalue weighted by molar-refractivity contribution is 5.81. The van der Waals surface area contributed by atoms with Crippen molar-refractivity contribution < 1.29 is 19.4 Å². The lowest BCUT2D eigenvalue weighted by Gasteiger charge is -2.22. The third-order valence-corrected chi connectivity index (χ3v) is 5.19. The molecule has 0 saturated carbocycles. The lowest BCUT2D eigenvalue weighted by Crippen LogP contribution is -2.41. The van der Waals surface area contributed by atoms with Crippen LogP contribution >= 0.6 is 0 Å². The van der Waals surface area contributed by atoms with Crippen LogP contribution in [-0.2, 0) is 9.53 Å². The van der Waals surface area contributed by atoms with E-state index in [-0.39, 0.29) is 31.5 Å². The van der Waals surface area contributed by atoms with Gasteiger partial charge in [-0.15, -0.1) is 0 Å². The fourth-order valence-electron chi connectivity index (χ4n) is 3.98. The zero-order chi connectivity index (χ0) is 18.3. The van der Waals surface area contributed by atoms with Crippen LogP contribution in [0.5, 0.6) is 0 Å². The summed E-state index contributed by atoms with van der Waals surface area (Å²) in [5.41, 5.74) is 10.4. The molecule has 1 aliphatic heterocycles. The lowest BCUT2D eigenvalue weighted by molar-refractivity contribution is -0.141. The SMILES string of the molecule is NC1CC(C(=O)O)N(C(=O)OCC2c3ccccc3-c3ccccc32)C1. The standard InChI is InChI=1S/C20H20N2O4/c21-12-9-18(19(23)24)22(10-12)20(25)26-11-17-15-7-3-1-5-13(15)14-6-2-4-8-16(14)17/h1-8,12,17-18H,9-11,21H2,(H,23,24). The number of carboxylic acids is 1. The number of benzene rings is 2. The molecule has 134 valence electrons. The zero-order valence-electron chi connectivity index (χ0n) is 14.2. The summed E-state index contributed by atoms with van der Waals surface area (Å²) in [6.45, 7) is 0.374. The van der Waals surface area contributed by atoms with E-state index in [0.717, 1.165) is 22.3 Å². The number of carbonyl (C=O) groups is 2. The molecule has 4 rings (SSSR count). The average molecular weight is 352 g/mol. The topological polar surface area (TPSA) is 92.9 Å². The van der Waals surface area contributed by atoms with Gasteiger partial charge in [-0.1, -0.05) is 48.5 Å². The first-order valence-corrected chi connectivity index (χ1v) is 8.66. The Kier molecular flexibility index (Phi) is 4.12. The molecule has 1 heterocycles. The van der Waals surface area contributed by atoms with Crippen LogP contribution in [0.25, 0.3) is 11.1 Å². The Balaban J connectivity index is 1.53. The molecule has 1 aliphatic carbocycles. The minimum absolute atomic E-state index is 0.0501. The van der Waals surface area contributed by atoms with Gasteiger partial charge in [0, 0.05) is 18.5 Å². The van der Waals surface area contributed by atoms with Crippen LogP contribution in [0.15, 0.2) is 48.5 Å². The maximum Gasteiger partial charge on any atom is 0.410 e. The molecule has 2 unspecified atom stereocenters. The highest BCUT2D eigenvalue weighted by Gasteiger charge is 2.39. The van der Waals surface area contributed by atoms with Crippen LogP contribution in [0.2, 0.25) is 0 Å². The van der Waals surface area contributed by atoms with Gasteiger partial charge in [0.2, 0.25) is 0 Å². The smallest absolute Gasteiger partial charge is 0.410 e. The number of nitrogens with two attached hydrogens (primary N) is 1. The van der Waals surface area contributed by atoms with Gasteiger partial charge in [0.15, 0.2) is 0 Å². The Labute approximate surface area is 151 Å². The van der Waals surface area contributed by atoms with Gasteiger partial charge in [-0.05, 0) is 28.7 Å². The molecule has 0 radical (unpaired) electrons. The van der Waals surface area contributed by atoms with Crippen molar-refractivity contribution >= 4 is 12.1 Å². The summed E-state index contributed by atoms with van der Waals surface area (Å²) in [5, 5.41) is 9.29. The Morgan fingerprint density at radius 2 is 1.65 bits per heavy atom. The van der Waals surface area contributed by atoms with Crippen LogP contribution < -0.4 is 5.73 Å². The van der Waals surface area contributed by atoms with Crippen molar-refractivity contribution in [1.29, 1.82) is 0 Å². The monoisotopic (exact) mass is 352 g/mol. The van der Waals surface area contributed by atoms with Gasteiger partial charge in [-0.3, -0.25) is 4.90 Å². The maximum absolute atomic E-state index is 12.5. The Hall–Kier alpha value is -2.86. The summed E-state index contributed by atoms with van der Waals surface area (Å²) in [6, 6.07) is 14.9. The quantitative estimate of drug-likeness (QED) is 0.885. The number of amides is 1. The molecule has 1 saturated heterocycles. The number of rotatable bonds is 3. The summed E-state index contributed by atoms with van der Waals surface area (Å²) in [6.07, 6.45) is -0.369. The molecule has 0 spiro atoms. The fourth-order valence-corrected chi connectivity index (χ4v) is 3.98. The highest BCUT2D eigenvalue weighted by Crippen LogP contribution is 2.44. The normalized spacial score (nSPS) is 21.3. The van der Waals surface area contributed by atoms with E-state index in [4.69, 9.17) is 10.5 Å². The molecule has 2 aromatic rings. The van der Waals surface area contributed by atoms with E-state index >= 15 is 0 Å². The summed E-state index contributed by atoms with van der Waals surface area (Å²) >= 11 is 0. The van der Waals surface area contributed by atoms with Crippen molar-refractivity contribution in [3.8, 4) is 11.1 Å².